The molecule has 148 valence electrons. The van der Waals surface area contributed by atoms with E-state index in [0.29, 0.717) is 18.0 Å². The van der Waals surface area contributed by atoms with Crippen molar-refractivity contribution in [1.29, 1.82) is 0 Å². The van der Waals surface area contributed by atoms with E-state index >= 15 is 0 Å². The van der Waals surface area contributed by atoms with Gasteiger partial charge in [-0.1, -0.05) is 6.08 Å². The lowest BCUT2D eigenvalue weighted by atomic mass is 10.1. The number of aromatic nitrogens is 5. The summed E-state index contributed by atoms with van der Waals surface area (Å²) in [6, 6.07) is 4.61. The SMILES string of the molecule is CN1C=CC=C(c2cnc(N[C@H]3CC[C@H](Nc4nc5ncccc5[nH]4)C3)nc2)C1. The third kappa shape index (κ3) is 3.91. The summed E-state index contributed by atoms with van der Waals surface area (Å²) in [4.78, 5) is 23.3. The molecule has 0 unspecified atom stereocenters. The number of hydrogen-bond acceptors (Lipinski definition) is 7. The van der Waals surface area contributed by atoms with Gasteiger partial charge in [0, 0.05) is 49.8 Å². The number of pyridine rings is 1. The van der Waals surface area contributed by atoms with Gasteiger partial charge >= 0.3 is 0 Å². The maximum absolute atomic E-state index is 4.53. The zero-order valence-corrected chi connectivity index (χ0v) is 16.3. The van der Waals surface area contributed by atoms with Gasteiger partial charge in [0.1, 0.15) is 0 Å². The number of fused-ring (bicyclic) bond motifs is 1. The lowest BCUT2D eigenvalue weighted by Crippen LogP contribution is -2.22. The van der Waals surface area contributed by atoms with Crippen LogP contribution in [0.4, 0.5) is 11.9 Å². The molecule has 3 N–H and O–H groups in total. The Morgan fingerprint density at radius 3 is 2.72 bits per heavy atom. The number of likely N-dealkylation sites (N-methyl/N-ethyl adjacent to an activating group) is 1. The Morgan fingerprint density at radius 2 is 1.93 bits per heavy atom. The predicted molar refractivity (Wildman–Crippen MR) is 114 cm³/mol. The van der Waals surface area contributed by atoms with Crippen LogP contribution < -0.4 is 10.6 Å². The highest BCUT2D eigenvalue weighted by Crippen LogP contribution is 2.25. The van der Waals surface area contributed by atoms with Gasteiger partial charge in [0.05, 0.1) is 5.52 Å². The molecule has 0 aromatic carbocycles. The second kappa shape index (κ2) is 7.54. The molecule has 29 heavy (non-hydrogen) atoms. The van der Waals surface area contributed by atoms with Gasteiger partial charge in [-0.3, -0.25) is 0 Å². The highest BCUT2D eigenvalue weighted by molar-refractivity contribution is 5.73. The third-order valence-corrected chi connectivity index (χ3v) is 5.44. The standard InChI is InChI=1S/C21H24N8/c1-29-9-3-4-14(13-29)15-11-23-20(24-12-15)25-16-6-7-17(10-16)26-21-27-18-5-2-8-22-19(18)28-21/h2-5,8-9,11-12,16-17H,6-7,10,13H2,1H3,(H,23,24,25)(H2,22,26,27,28)/t16-,17-/m0/s1. The summed E-state index contributed by atoms with van der Waals surface area (Å²) in [5, 5.41) is 6.97. The number of allylic oxidation sites excluding steroid dienone is 2. The van der Waals surface area contributed by atoms with Crippen LogP contribution in [0.15, 0.2) is 49.1 Å². The van der Waals surface area contributed by atoms with Crippen LogP contribution in [0.1, 0.15) is 24.8 Å². The molecule has 0 radical (unpaired) electrons. The van der Waals surface area contributed by atoms with Crippen molar-refractivity contribution >= 4 is 28.6 Å². The molecule has 3 aromatic heterocycles. The summed E-state index contributed by atoms with van der Waals surface area (Å²) in [5.41, 5.74) is 3.99. The molecule has 0 spiro atoms. The second-order valence-corrected chi connectivity index (χ2v) is 7.70. The van der Waals surface area contributed by atoms with Crippen molar-refractivity contribution in [3.63, 3.8) is 0 Å². The fraction of sp³-hybridized carbons (Fsp3) is 0.333. The van der Waals surface area contributed by atoms with E-state index in [9.17, 15) is 0 Å². The molecular formula is C21H24N8. The molecule has 2 atom stereocenters. The lowest BCUT2D eigenvalue weighted by Gasteiger charge is -2.20. The van der Waals surface area contributed by atoms with Crippen LogP contribution in [0, 0.1) is 0 Å². The molecular weight excluding hydrogens is 364 g/mol. The highest BCUT2D eigenvalue weighted by atomic mass is 15.2. The maximum Gasteiger partial charge on any atom is 0.222 e. The maximum atomic E-state index is 4.53. The lowest BCUT2D eigenvalue weighted by molar-refractivity contribution is 0.512. The Labute approximate surface area is 169 Å². The second-order valence-electron chi connectivity index (χ2n) is 7.70. The zero-order chi connectivity index (χ0) is 19.6. The van der Waals surface area contributed by atoms with Crippen LogP contribution in [-0.4, -0.2) is 55.5 Å². The van der Waals surface area contributed by atoms with Crippen LogP contribution in [0.25, 0.3) is 16.7 Å². The number of aromatic amines is 1. The van der Waals surface area contributed by atoms with E-state index in [-0.39, 0.29) is 0 Å². The summed E-state index contributed by atoms with van der Waals surface area (Å²) >= 11 is 0. The van der Waals surface area contributed by atoms with Gasteiger partial charge in [-0.2, -0.15) is 4.98 Å². The van der Waals surface area contributed by atoms with Crippen LogP contribution >= 0.6 is 0 Å². The fourth-order valence-electron chi connectivity index (χ4n) is 3.97. The van der Waals surface area contributed by atoms with Crippen molar-refractivity contribution in [3.8, 4) is 0 Å². The zero-order valence-electron chi connectivity index (χ0n) is 16.3. The Hall–Kier alpha value is -3.42. The van der Waals surface area contributed by atoms with Gasteiger partial charge in [-0.15, -0.1) is 0 Å². The normalized spacial score (nSPS) is 21.4. The van der Waals surface area contributed by atoms with E-state index in [1.807, 2.05) is 24.5 Å². The number of nitrogens with one attached hydrogen (secondary N) is 3. The number of nitrogens with zero attached hydrogens (tertiary/aromatic N) is 5. The molecule has 1 saturated carbocycles. The summed E-state index contributed by atoms with van der Waals surface area (Å²) in [5.74, 6) is 1.47. The molecule has 8 heteroatoms. The molecule has 0 amide bonds. The Bertz CT molecular complexity index is 1020. The van der Waals surface area contributed by atoms with Crippen molar-refractivity contribution in [2.24, 2.45) is 0 Å². The number of rotatable bonds is 5. The summed E-state index contributed by atoms with van der Waals surface area (Å²) < 4.78 is 0. The molecule has 8 nitrogen and oxygen atoms in total. The summed E-state index contributed by atoms with van der Waals surface area (Å²) in [6.07, 6.45) is 14.9. The Balaban J connectivity index is 1.18. The van der Waals surface area contributed by atoms with Gasteiger partial charge < -0.3 is 20.5 Å². The number of hydrogen-bond donors (Lipinski definition) is 3. The molecule has 2 aliphatic rings. The first-order valence-electron chi connectivity index (χ1n) is 9.97. The summed E-state index contributed by atoms with van der Waals surface area (Å²) in [7, 11) is 2.06. The smallest absolute Gasteiger partial charge is 0.222 e. The fourth-order valence-corrected chi connectivity index (χ4v) is 3.97. The van der Waals surface area contributed by atoms with E-state index in [0.717, 1.165) is 48.5 Å². The first kappa shape index (κ1) is 17.7. The van der Waals surface area contributed by atoms with Gasteiger partial charge in [0.15, 0.2) is 5.65 Å². The number of anilines is 2. The van der Waals surface area contributed by atoms with Crippen LogP contribution in [-0.2, 0) is 0 Å². The topological polar surface area (TPSA) is 94.6 Å². The minimum Gasteiger partial charge on any atom is -0.376 e. The molecule has 0 bridgehead atoms. The monoisotopic (exact) mass is 388 g/mol. The van der Waals surface area contributed by atoms with E-state index in [1.54, 1.807) is 6.20 Å². The van der Waals surface area contributed by atoms with E-state index in [4.69, 9.17) is 0 Å². The van der Waals surface area contributed by atoms with Crippen molar-refractivity contribution < 1.29 is 0 Å². The van der Waals surface area contributed by atoms with Gasteiger partial charge in [0.25, 0.3) is 0 Å². The van der Waals surface area contributed by atoms with E-state index in [2.05, 4.69) is 65.9 Å². The Kier molecular flexibility index (Phi) is 4.59. The summed E-state index contributed by atoms with van der Waals surface area (Å²) in [6.45, 7) is 0.875. The number of H-pyrrole nitrogens is 1. The van der Waals surface area contributed by atoms with Crippen LogP contribution in [0.3, 0.4) is 0 Å². The van der Waals surface area contributed by atoms with Gasteiger partial charge in [-0.25, -0.2) is 15.0 Å². The van der Waals surface area contributed by atoms with Gasteiger partial charge in [-0.05, 0) is 49.2 Å². The van der Waals surface area contributed by atoms with Gasteiger partial charge in [0.2, 0.25) is 11.9 Å². The average Bonchev–Trinajstić information content (AvgIpc) is 3.35. The predicted octanol–water partition coefficient (Wildman–Crippen LogP) is 3.04. The average molecular weight is 388 g/mol. The van der Waals surface area contributed by atoms with Crippen molar-refractivity contribution in [1.82, 2.24) is 29.8 Å². The number of imidazole rings is 1. The van der Waals surface area contributed by atoms with Crippen LogP contribution in [0.2, 0.25) is 0 Å². The quantitative estimate of drug-likeness (QED) is 0.618. The van der Waals surface area contributed by atoms with Crippen molar-refractivity contribution in [2.75, 3.05) is 24.2 Å². The van der Waals surface area contributed by atoms with Crippen LogP contribution in [0.5, 0.6) is 0 Å². The minimum atomic E-state index is 0.351. The molecule has 5 rings (SSSR count). The molecule has 3 aromatic rings. The highest BCUT2D eigenvalue weighted by Gasteiger charge is 2.26. The van der Waals surface area contributed by atoms with Crippen molar-refractivity contribution in [2.45, 2.75) is 31.3 Å². The first-order valence-corrected chi connectivity index (χ1v) is 9.97. The van der Waals surface area contributed by atoms with E-state index in [1.165, 1.54) is 5.57 Å². The van der Waals surface area contributed by atoms with E-state index < -0.39 is 0 Å². The largest absolute Gasteiger partial charge is 0.376 e. The molecule has 0 saturated heterocycles. The minimum absolute atomic E-state index is 0.351. The molecule has 1 aliphatic carbocycles. The molecule has 1 fully saturated rings. The third-order valence-electron chi connectivity index (χ3n) is 5.44. The molecule has 4 heterocycles. The van der Waals surface area contributed by atoms with Crippen molar-refractivity contribution in [3.05, 3.63) is 54.6 Å². The first-order chi connectivity index (χ1) is 14.2. The Morgan fingerprint density at radius 1 is 1.10 bits per heavy atom. The molecule has 1 aliphatic heterocycles.